The minimum Gasteiger partial charge on any atom is -0.492 e. The predicted molar refractivity (Wildman–Crippen MR) is 228 cm³/mol. The number of ether oxygens (including phenoxy) is 3. The molecule has 4 aliphatic rings. The van der Waals surface area contributed by atoms with Crippen LogP contribution < -0.4 is 24.8 Å². The fourth-order valence-electron chi connectivity index (χ4n) is 7.74. The van der Waals surface area contributed by atoms with Gasteiger partial charge in [-0.1, -0.05) is 58.0 Å². The van der Waals surface area contributed by atoms with E-state index < -0.39 is 85.7 Å². The number of alkyl halides is 2. The number of fused-ring (bicyclic) bond motifs is 3. The first-order valence-corrected chi connectivity index (χ1v) is 22.5. The Kier molecular flexibility index (Phi) is 13.8. The lowest BCUT2D eigenvalue weighted by Gasteiger charge is -2.35. The van der Waals surface area contributed by atoms with E-state index in [1.165, 1.54) is 11.1 Å². The van der Waals surface area contributed by atoms with Crippen LogP contribution in [-0.4, -0.2) is 95.3 Å². The van der Waals surface area contributed by atoms with Crippen LogP contribution in [0.25, 0.3) is 10.8 Å². The molecule has 4 amide bonds. The van der Waals surface area contributed by atoms with Crippen LogP contribution in [0.1, 0.15) is 112 Å². The van der Waals surface area contributed by atoms with Gasteiger partial charge in [-0.15, -0.1) is 0 Å². The number of pyridine rings is 1. The average Bonchev–Trinajstić information content (AvgIpc) is 4.06. The molecule has 3 fully saturated rings. The third kappa shape index (κ3) is 9.81. The molecule has 2 aliphatic carbocycles. The van der Waals surface area contributed by atoms with Crippen molar-refractivity contribution in [3.8, 4) is 11.6 Å². The number of benzene rings is 1. The maximum absolute atomic E-state index is 14.8. The zero-order chi connectivity index (χ0) is 44.4. The molecule has 14 nitrogen and oxygen atoms in total. The lowest BCUT2D eigenvalue weighted by Crippen LogP contribution is -2.59. The zero-order valence-corrected chi connectivity index (χ0v) is 36.9. The number of nitrogens with zero attached hydrogens (tertiary/aromatic N) is 2. The van der Waals surface area contributed by atoms with E-state index in [1.54, 1.807) is 19.9 Å². The number of sulfonamides is 1. The number of carbonyl (C=O) groups is 4. The number of halogens is 2. The summed E-state index contributed by atoms with van der Waals surface area (Å²) in [5.41, 5.74) is -3.82. The second kappa shape index (κ2) is 17.8. The molecular weight excluding hydrogens is 801 g/mol. The number of alkyl carbamates (subject to hydrolysis) is 1. The topological polar surface area (TPSA) is 182 Å². The SMILES string of the molecule is CC.CCOc1cnc(O[C@@H]2C[C@H]3C(=O)N[C@]4(C(=O)NS(=O)(=O)C5(C)CC5)C[C@H]4/C=C\CC[C@@H](C)C[C@@H](C)[C@H](NC(=O)OC(C)(C)C(C)(F)F)C(=O)N3C2)c2ccccc12.[HH].[HH].[HH]. The monoisotopic (exact) mass is 867 g/mol. The standard InChI is InChI=1S/C41H55F2N5O9S.C2H6.3H2/c1-8-55-31-22-44-34(29-16-12-11-15-28(29)31)56-27-20-30-33(49)46-41(36(51)47-58(53,54)39(6)17-18-39)21-26(41)14-10-9-13-24(2)19-25(3)32(35(50)48(30)23-27)45-37(52)57-38(4,5)40(7,42)43;1-2;;;/h10-12,14-16,22,24-27,30,32H,8-9,13,17-21,23H2,1-7H3,(H,45,52)(H,46,49)(H,47,51);1-2H3;3*1H/b14-10-;;;;/t24-,25-,26-,27-,30+,32+,41-;;;;/m1..../s1. The first-order valence-electron chi connectivity index (χ1n) is 21.0. The molecule has 17 heteroatoms. The minimum atomic E-state index is -4.05. The van der Waals surface area contributed by atoms with E-state index in [1.807, 2.05) is 58.0 Å². The highest BCUT2D eigenvalue weighted by atomic mass is 32.2. The summed E-state index contributed by atoms with van der Waals surface area (Å²) in [6, 6.07) is 4.74. The Bertz CT molecular complexity index is 2090. The summed E-state index contributed by atoms with van der Waals surface area (Å²) in [6.07, 6.45) is 5.76. The van der Waals surface area contributed by atoms with Gasteiger partial charge in [0.1, 0.15) is 29.5 Å². The quantitative estimate of drug-likeness (QED) is 0.207. The van der Waals surface area contributed by atoms with Gasteiger partial charge in [0.15, 0.2) is 5.60 Å². The van der Waals surface area contributed by atoms with Gasteiger partial charge in [-0.25, -0.2) is 27.0 Å². The molecule has 2 aliphatic heterocycles. The third-order valence-electron chi connectivity index (χ3n) is 12.2. The fourth-order valence-corrected chi connectivity index (χ4v) is 9.05. The highest BCUT2D eigenvalue weighted by Gasteiger charge is 2.63. The van der Waals surface area contributed by atoms with Crippen molar-refractivity contribution in [1.29, 1.82) is 0 Å². The summed E-state index contributed by atoms with van der Waals surface area (Å²) in [4.78, 5) is 62.4. The van der Waals surface area contributed by atoms with Gasteiger partial charge < -0.3 is 29.7 Å². The molecule has 0 bridgehead atoms. The molecule has 2 saturated carbocycles. The third-order valence-corrected chi connectivity index (χ3v) is 14.4. The highest BCUT2D eigenvalue weighted by molar-refractivity contribution is 7.91. The van der Waals surface area contributed by atoms with Crippen LogP contribution in [0.3, 0.4) is 0 Å². The predicted octanol–water partition coefficient (Wildman–Crippen LogP) is 7.16. The minimum absolute atomic E-state index is 0. The molecular formula is C43H67F2N5O9S. The molecule has 0 unspecified atom stereocenters. The van der Waals surface area contributed by atoms with Crippen molar-refractivity contribution in [3.05, 3.63) is 42.6 Å². The van der Waals surface area contributed by atoms with Crippen molar-refractivity contribution in [3.63, 3.8) is 0 Å². The fraction of sp³-hybridized carbons (Fsp3) is 0.651. The van der Waals surface area contributed by atoms with Crippen molar-refractivity contribution in [2.45, 2.75) is 147 Å². The molecule has 1 saturated heterocycles. The van der Waals surface area contributed by atoms with Crippen LogP contribution in [0.4, 0.5) is 13.6 Å². The van der Waals surface area contributed by atoms with Crippen LogP contribution in [0.5, 0.6) is 11.6 Å². The van der Waals surface area contributed by atoms with Gasteiger partial charge in [-0.05, 0) is 84.1 Å². The van der Waals surface area contributed by atoms with Crippen molar-refractivity contribution in [2.75, 3.05) is 13.2 Å². The van der Waals surface area contributed by atoms with Crippen LogP contribution in [0.2, 0.25) is 0 Å². The molecule has 1 aromatic heterocycles. The number of hydrogen-bond acceptors (Lipinski definition) is 10. The van der Waals surface area contributed by atoms with E-state index in [0.29, 0.717) is 56.8 Å². The van der Waals surface area contributed by atoms with Gasteiger partial charge in [0.05, 0.1) is 24.1 Å². The normalized spacial score (nSPS) is 28.6. The van der Waals surface area contributed by atoms with Crippen LogP contribution in [0.15, 0.2) is 42.6 Å². The van der Waals surface area contributed by atoms with E-state index >= 15 is 0 Å². The largest absolute Gasteiger partial charge is 0.492 e. The Balaban J connectivity index is 0.00000269. The number of rotatable bonds is 10. The molecule has 7 atom stereocenters. The van der Waals surface area contributed by atoms with Gasteiger partial charge >= 0.3 is 6.09 Å². The van der Waals surface area contributed by atoms with E-state index in [0.717, 1.165) is 19.2 Å². The van der Waals surface area contributed by atoms with Crippen LogP contribution >= 0.6 is 0 Å². The first kappa shape index (κ1) is 46.5. The molecule has 1 aromatic carbocycles. The molecule has 6 rings (SSSR count). The van der Waals surface area contributed by atoms with E-state index in [-0.39, 0.29) is 35.5 Å². The van der Waals surface area contributed by atoms with Crippen LogP contribution in [0, 0.1) is 17.8 Å². The smallest absolute Gasteiger partial charge is 0.408 e. The second-order valence-corrected chi connectivity index (χ2v) is 19.5. The maximum atomic E-state index is 14.8. The van der Waals surface area contributed by atoms with Gasteiger partial charge in [0.25, 0.3) is 11.8 Å². The molecule has 3 heterocycles. The molecule has 3 N–H and O–H groups in total. The molecule has 0 radical (unpaired) electrons. The van der Waals surface area contributed by atoms with Crippen molar-refractivity contribution >= 4 is 44.6 Å². The summed E-state index contributed by atoms with van der Waals surface area (Å²) in [7, 11) is -4.05. The lowest BCUT2D eigenvalue weighted by molar-refractivity contribution is -0.152. The van der Waals surface area contributed by atoms with Gasteiger partial charge in [0.2, 0.25) is 27.7 Å². The average molecular weight is 868 g/mol. The summed E-state index contributed by atoms with van der Waals surface area (Å²) < 4.78 is 73.8. The van der Waals surface area contributed by atoms with Gasteiger partial charge in [-0.2, -0.15) is 0 Å². The Hall–Kier alpha value is -4.54. The Morgan fingerprint density at radius 3 is 2.38 bits per heavy atom. The highest BCUT2D eigenvalue weighted by Crippen LogP contribution is 2.48. The first-order chi connectivity index (χ1) is 28.1. The summed E-state index contributed by atoms with van der Waals surface area (Å²) >= 11 is 0. The molecule has 2 aromatic rings. The van der Waals surface area contributed by atoms with Crippen molar-refractivity contribution in [2.24, 2.45) is 17.8 Å². The lowest BCUT2D eigenvalue weighted by atomic mass is 9.88. The van der Waals surface area contributed by atoms with E-state index in [9.17, 15) is 36.4 Å². The number of nitrogens with one attached hydrogen (secondary N) is 3. The number of aromatic nitrogens is 1. The van der Waals surface area contributed by atoms with E-state index in [4.69, 9.17) is 14.2 Å². The van der Waals surface area contributed by atoms with Crippen molar-refractivity contribution < 1.29 is 54.9 Å². The molecule has 0 spiro atoms. The number of allylic oxidation sites excluding steroid dienone is 1. The number of amides is 4. The van der Waals surface area contributed by atoms with Gasteiger partial charge in [-0.3, -0.25) is 19.1 Å². The Labute approximate surface area is 356 Å². The maximum Gasteiger partial charge on any atom is 0.408 e. The number of hydrogen-bond donors (Lipinski definition) is 3. The zero-order valence-electron chi connectivity index (χ0n) is 36.1. The number of carbonyl (C=O) groups excluding carboxylic acids is 4. The summed E-state index contributed by atoms with van der Waals surface area (Å²) in [5, 5.41) is 6.75. The van der Waals surface area contributed by atoms with Crippen molar-refractivity contribution in [1.82, 2.24) is 25.2 Å². The molecule has 338 valence electrons. The van der Waals surface area contributed by atoms with E-state index in [2.05, 4.69) is 20.3 Å². The Morgan fingerprint density at radius 1 is 1.08 bits per heavy atom. The molecule has 60 heavy (non-hydrogen) atoms. The van der Waals surface area contributed by atoms with Gasteiger partial charge in [0, 0.05) is 34.3 Å². The Morgan fingerprint density at radius 2 is 1.75 bits per heavy atom. The second-order valence-electron chi connectivity index (χ2n) is 17.3. The summed E-state index contributed by atoms with van der Waals surface area (Å²) in [6.45, 7) is 14.2. The van der Waals surface area contributed by atoms with Crippen LogP contribution in [-0.2, 0) is 29.1 Å². The summed E-state index contributed by atoms with van der Waals surface area (Å²) in [5.74, 6) is -5.95.